The second-order valence-electron chi connectivity index (χ2n) is 10.4. The van der Waals surface area contributed by atoms with Gasteiger partial charge in [-0.2, -0.15) is 0 Å². The maximum absolute atomic E-state index is 9.13. The molecule has 28 heavy (non-hydrogen) atoms. The van der Waals surface area contributed by atoms with Crippen molar-refractivity contribution in [3.8, 4) is 0 Å². The summed E-state index contributed by atoms with van der Waals surface area (Å²) in [6.45, 7) is 13.8. The molecule has 0 aromatic rings. The normalized spacial score (nSPS) is 44.0. The number of hydrogen-bond acceptors (Lipinski definition) is 1. The summed E-state index contributed by atoms with van der Waals surface area (Å²) in [6, 6.07) is 0. The molecule has 4 saturated carbocycles. The Kier molecular flexibility index (Phi) is 9.37. The summed E-state index contributed by atoms with van der Waals surface area (Å²) in [6.07, 6.45) is 18.8. The van der Waals surface area contributed by atoms with Gasteiger partial charge in [0.05, 0.1) is 0 Å². The van der Waals surface area contributed by atoms with Crippen LogP contribution in [0, 0.1) is 40.4 Å². The van der Waals surface area contributed by atoms with Crippen molar-refractivity contribution < 1.29 is 5.11 Å². The minimum absolute atomic E-state index is 0.386. The van der Waals surface area contributed by atoms with Crippen LogP contribution in [0.1, 0.15) is 125 Å². The Labute approximate surface area is 177 Å². The fourth-order valence-electron chi connectivity index (χ4n) is 8.38. The van der Waals surface area contributed by atoms with Crippen LogP contribution >= 0.6 is 0 Å². The topological polar surface area (TPSA) is 20.2 Å². The summed E-state index contributed by atoms with van der Waals surface area (Å²) in [5, 5.41) is 9.13. The van der Waals surface area contributed by atoms with Crippen molar-refractivity contribution in [2.75, 3.05) is 6.61 Å². The third kappa shape index (κ3) is 4.35. The molecule has 0 aromatic heterocycles. The van der Waals surface area contributed by atoms with Crippen LogP contribution in [0.2, 0.25) is 0 Å². The van der Waals surface area contributed by atoms with Crippen LogP contribution in [0.5, 0.6) is 0 Å². The second-order valence-corrected chi connectivity index (χ2v) is 10.4. The lowest BCUT2D eigenvalue weighted by Gasteiger charge is -2.60. The first-order chi connectivity index (χ1) is 13.6. The van der Waals surface area contributed by atoms with E-state index < -0.39 is 0 Å². The van der Waals surface area contributed by atoms with Gasteiger partial charge in [0.15, 0.2) is 0 Å². The number of rotatable bonds is 4. The second kappa shape index (κ2) is 10.8. The zero-order chi connectivity index (χ0) is 20.8. The molecule has 1 N–H and O–H groups in total. The minimum Gasteiger partial charge on any atom is -0.396 e. The molecule has 0 bridgehead atoms. The Morgan fingerprint density at radius 1 is 0.714 bits per heavy atom. The highest BCUT2D eigenvalue weighted by Gasteiger charge is 2.59. The van der Waals surface area contributed by atoms with Crippen molar-refractivity contribution >= 4 is 0 Å². The standard InChI is InChI=1S/C23H40O.2C2H6/c1-22-14-5-3-7-17(22)9-11-19-20-12-10-18(8-4-6-16-24)23(20,2)15-13-21(19)22;2*1-2/h17-21,24H,3-16H2,1-2H3;2*1-2H3. The van der Waals surface area contributed by atoms with Crippen molar-refractivity contribution in [3.63, 3.8) is 0 Å². The van der Waals surface area contributed by atoms with E-state index in [9.17, 15) is 0 Å². The molecule has 4 rings (SSSR count). The van der Waals surface area contributed by atoms with Crippen molar-refractivity contribution in [1.29, 1.82) is 0 Å². The average Bonchev–Trinajstić information content (AvgIpc) is 3.07. The van der Waals surface area contributed by atoms with E-state index in [4.69, 9.17) is 5.11 Å². The highest BCUT2D eigenvalue weighted by atomic mass is 16.2. The smallest absolute Gasteiger partial charge is 0.0431 e. The molecule has 7 atom stereocenters. The van der Waals surface area contributed by atoms with Crippen molar-refractivity contribution in [2.24, 2.45) is 40.4 Å². The van der Waals surface area contributed by atoms with E-state index in [1.54, 1.807) is 12.8 Å². The number of hydrogen-bond donors (Lipinski definition) is 1. The van der Waals surface area contributed by atoms with Crippen LogP contribution in [-0.4, -0.2) is 11.7 Å². The fourth-order valence-corrected chi connectivity index (χ4v) is 8.38. The zero-order valence-electron chi connectivity index (χ0n) is 20.2. The monoisotopic (exact) mass is 392 g/mol. The zero-order valence-corrected chi connectivity index (χ0v) is 20.2. The quantitative estimate of drug-likeness (QED) is 0.477. The highest BCUT2D eigenvalue weighted by Crippen LogP contribution is 2.67. The van der Waals surface area contributed by atoms with Gasteiger partial charge in [0.1, 0.15) is 0 Å². The summed E-state index contributed by atoms with van der Waals surface area (Å²) < 4.78 is 0. The van der Waals surface area contributed by atoms with E-state index in [0.29, 0.717) is 17.4 Å². The highest BCUT2D eigenvalue weighted by molar-refractivity contribution is 5.08. The Morgan fingerprint density at radius 3 is 2.14 bits per heavy atom. The minimum atomic E-state index is 0.386. The molecule has 0 heterocycles. The SMILES string of the molecule is CC.CC.CC12CCCCC1CCC1C2CCC2(C)C(CCCCO)CCC12. The summed E-state index contributed by atoms with van der Waals surface area (Å²) >= 11 is 0. The summed E-state index contributed by atoms with van der Waals surface area (Å²) in [5.74, 6) is 5.12. The van der Waals surface area contributed by atoms with Gasteiger partial charge >= 0.3 is 0 Å². The van der Waals surface area contributed by atoms with Crippen LogP contribution < -0.4 is 0 Å². The lowest BCUT2D eigenvalue weighted by Crippen LogP contribution is -2.52. The van der Waals surface area contributed by atoms with E-state index in [2.05, 4.69) is 13.8 Å². The number of aliphatic hydroxyl groups excluding tert-OH is 1. The van der Waals surface area contributed by atoms with Gasteiger partial charge in [-0.25, -0.2) is 0 Å². The van der Waals surface area contributed by atoms with Gasteiger partial charge in [0.25, 0.3) is 0 Å². The average molecular weight is 393 g/mol. The molecule has 0 amide bonds. The molecule has 1 heteroatoms. The van der Waals surface area contributed by atoms with Gasteiger partial charge in [-0.15, -0.1) is 0 Å². The summed E-state index contributed by atoms with van der Waals surface area (Å²) in [5.41, 5.74) is 1.33. The lowest BCUT2D eigenvalue weighted by atomic mass is 9.45. The first-order valence-corrected chi connectivity index (χ1v) is 13.2. The van der Waals surface area contributed by atoms with Gasteiger partial charge in [0.2, 0.25) is 0 Å². The Balaban J connectivity index is 0.000000660. The van der Waals surface area contributed by atoms with Crippen LogP contribution in [0.15, 0.2) is 0 Å². The van der Waals surface area contributed by atoms with Crippen molar-refractivity contribution in [2.45, 2.75) is 125 Å². The van der Waals surface area contributed by atoms with E-state index >= 15 is 0 Å². The van der Waals surface area contributed by atoms with Crippen LogP contribution in [0.4, 0.5) is 0 Å². The predicted octanol–water partition coefficient (Wildman–Crippen LogP) is 8.25. The van der Waals surface area contributed by atoms with Crippen LogP contribution in [-0.2, 0) is 0 Å². The molecule has 1 nitrogen and oxygen atoms in total. The van der Waals surface area contributed by atoms with E-state index in [1.807, 2.05) is 27.7 Å². The third-order valence-electron chi connectivity index (χ3n) is 9.74. The summed E-state index contributed by atoms with van der Waals surface area (Å²) in [7, 11) is 0. The molecule has 4 aliphatic carbocycles. The molecular weight excluding hydrogens is 340 g/mol. The molecule has 4 fully saturated rings. The van der Waals surface area contributed by atoms with Gasteiger partial charge in [-0.3, -0.25) is 0 Å². The van der Waals surface area contributed by atoms with Gasteiger partial charge in [-0.1, -0.05) is 60.8 Å². The molecule has 4 aliphatic rings. The Morgan fingerprint density at radius 2 is 1.43 bits per heavy atom. The molecule has 7 unspecified atom stereocenters. The van der Waals surface area contributed by atoms with E-state index in [1.165, 1.54) is 64.2 Å². The third-order valence-corrected chi connectivity index (χ3v) is 9.74. The first kappa shape index (κ1) is 24.2. The Hall–Kier alpha value is -0.0400. The molecule has 166 valence electrons. The van der Waals surface area contributed by atoms with E-state index in [-0.39, 0.29) is 0 Å². The largest absolute Gasteiger partial charge is 0.396 e. The number of unbranched alkanes of at least 4 members (excludes halogenated alkanes) is 1. The van der Waals surface area contributed by atoms with Crippen molar-refractivity contribution in [1.82, 2.24) is 0 Å². The van der Waals surface area contributed by atoms with Gasteiger partial charge < -0.3 is 5.11 Å². The molecule has 0 aliphatic heterocycles. The lowest BCUT2D eigenvalue weighted by molar-refractivity contribution is -0.111. The van der Waals surface area contributed by atoms with Crippen LogP contribution in [0.3, 0.4) is 0 Å². The fraction of sp³-hybridized carbons (Fsp3) is 1.00. The molecule has 0 aromatic carbocycles. The maximum Gasteiger partial charge on any atom is 0.0431 e. The molecule has 0 saturated heterocycles. The van der Waals surface area contributed by atoms with E-state index in [0.717, 1.165) is 36.0 Å². The molecular formula is C27H52O. The summed E-state index contributed by atoms with van der Waals surface area (Å²) in [4.78, 5) is 0. The molecule has 0 spiro atoms. The first-order valence-electron chi connectivity index (χ1n) is 13.2. The van der Waals surface area contributed by atoms with Gasteiger partial charge in [0, 0.05) is 6.61 Å². The van der Waals surface area contributed by atoms with Crippen molar-refractivity contribution in [3.05, 3.63) is 0 Å². The number of aliphatic hydroxyl groups is 1. The van der Waals surface area contributed by atoms with Gasteiger partial charge in [-0.05, 0) is 105 Å². The predicted molar refractivity (Wildman–Crippen MR) is 123 cm³/mol. The van der Waals surface area contributed by atoms with Crippen LogP contribution in [0.25, 0.3) is 0 Å². The Bertz CT molecular complexity index is 446. The maximum atomic E-state index is 9.13. The number of fused-ring (bicyclic) bond motifs is 5. The molecule has 0 radical (unpaired) electrons.